The largest absolute Gasteiger partial charge is 0.394 e. The summed E-state index contributed by atoms with van der Waals surface area (Å²) in [5, 5.41) is 17.7. The van der Waals surface area contributed by atoms with Gasteiger partial charge in [0.2, 0.25) is 5.91 Å². The molecule has 0 rings (SSSR count). The summed E-state index contributed by atoms with van der Waals surface area (Å²) in [6.45, 7) is 5.26. The number of unbranched alkanes of at least 4 members (excludes halogenated alkanes) is 1. The van der Waals surface area contributed by atoms with Gasteiger partial charge in [0.15, 0.2) is 0 Å². The highest BCUT2D eigenvalue weighted by atomic mass is 16.3. The standard InChI is InChI=1S/C11H23NO3/c1-3-12(4-2)11(15)8-6-5-7-10(14)9-13/h10,13-14H,3-9H2,1-2H3/t10-/m0/s1. The van der Waals surface area contributed by atoms with E-state index < -0.39 is 6.10 Å². The van der Waals surface area contributed by atoms with Crippen LogP contribution >= 0.6 is 0 Å². The van der Waals surface area contributed by atoms with Crippen LogP contribution in [-0.2, 0) is 4.79 Å². The minimum atomic E-state index is -0.631. The molecule has 0 fully saturated rings. The number of carbonyl (C=O) groups excluding carboxylic acids is 1. The van der Waals surface area contributed by atoms with Gasteiger partial charge in [-0.2, -0.15) is 0 Å². The van der Waals surface area contributed by atoms with E-state index in [0.29, 0.717) is 12.8 Å². The predicted octanol–water partition coefficient (Wildman–Crippen LogP) is 0.768. The van der Waals surface area contributed by atoms with Gasteiger partial charge in [-0.25, -0.2) is 0 Å². The number of nitrogens with zero attached hydrogens (tertiary/aromatic N) is 1. The highest BCUT2D eigenvalue weighted by Crippen LogP contribution is 2.05. The molecule has 2 N–H and O–H groups in total. The molecule has 0 heterocycles. The Bertz CT molecular complexity index is 169. The molecule has 0 spiro atoms. The normalized spacial score (nSPS) is 12.5. The van der Waals surface area contributed by atoms with Crippen LogP contribution in [0, 0.1) is 0 Å². The van der Waals surface area contributed by atoms with Crippen molar-refractivity contribution in [1.29, 1.82) is 0 Å². The lowest BCUT2D eigenvalue weighted by atomic mass is 10.1. The molecule has 0 aromatic carbocycles. The first-order valence-corrected chi connectivity index (χ1v) is 5.72. The van der Waals surface area contributed by atoms with Gasteiger partial charge >= 0.3 is 0 Å². The summed E-state index contributed by atoms with van der Waals surface area (Å²) in [5.74, 6) is 0.179. The van der Waals surface area contributed by atoms with Crippen LogP contribution in [0.3, 0.4) is 0 Å². The van der Waals surface area contributed by atoms with Crippen molar-refractivity contribution in [2.45, 2.75) is 45.6 Å². The van der Waals surface area contributed by atoms with Crippen LogP contribution in [0.1, 0.15) is 39.5 Å². The van der Waals surface area contributed by atoms with E-state index in [1.54, 1.807) is 0 Å². The zero-order valence-electron chi connectivity index (χ0n) is 9.78. The highest BCUT2D eigenvalue weighted by molar-refractivity contribution is 5.75. The lowest BCUT2D eigenvalue weighted by Gasteiger charge is -2.18. The molecule has 0 aromatic heterocycles. The van der Waals surface area contributed by atoms with Gasteiger partial charge in [-0.05, 0) is 26.7 Å². The Kier molecular flexibility index (Phi) is 8.33. The van der Waals surface area contributed by atoms with Crippen LogP contribution in [0.2, 0.25) is 0 Å². The van der Waals surface area contributed by atoms with Crippen molar-refractivity contribution in [3.8, 4) is 0 Å². The van der Waals surface area contributed by atoms with Gasteiger partial charge in [-0.1, -0.05) is 6.42 Å². The number of aliphatic hydroxyl groups excluding tert-OH is 2. The second-order valence-corrected chi connectivity index (χ2v) is 3.65. The minimum absolute atomic E-state index is 0.179. The maximum absolute atomic E-state index is 11.5. The summed E-state index contributed by atoms with van der Waals surface area (Å²) in [5.41, 5.74) is 0. The second kappa shape index (κ2) is 8.68. The van der Waals surface area contributed by atoms with Crippen molar-refractivity contribution in [2.24, 2.45) is 0 Å². The highest BCUT2D eigenvalue weighted by Gasteiger charge is 2.09. The summed E-state index contributed by atoms with van der Waals surface area (Å²) < 4.78 is 0. The molecule has 0 saturated heterocycles. The monoisotopic (exact) mass is 217 g/mol. The van der Waals surface area contributed by atoms with Gasteiger partial charge in [-0.15, -0.1) is 0 Å². The van der Waals surface area contributed by atoms with E-state index in [1.165, 1.54) is 0 Å². The van der Waals surface area contributed by atoms with Crippen LogP contribution in [-0.4, -0.2) is 46.8 Å². The van der Waals surface area contributed by atoms with Crippen molar-refractivity contribution < 1.29 is 15.0 Å². The Balaban J connectivity index is 3.54. The Hall–Kier alpha value is -0.610. The summed E-state index contributed by atoms with van der Waals surface area (Å²) >= 11 is 0. The van der Waals surface area contributed by atoms with Crippen LogP contribution < -0.4 is 0 Å². The van der Waals surface area contributed by atoms with Gasteiger partial charge in [-0.3, -0.25) is 4.79 Å². The van der Waals surface area contributed by atoms with E-state index in [1.807, 2.05) is 18.7 Å². The average Bonchev–Trinajstić information content (AvgIpc) is 2.25. The Morgan fingerprint density at radius 1 is 1.27 bits per heavy atom. The molecule has 0 unspecified atom stereocenters. The third-order valence-electron chi connectivity index (χ3n) is 2.50. The Morgan fingerprint density at radius 3 is 2.33 bits per heavy atom. The van der Waals surface area contributed by atoms with Crippen molar-refractivity contribution in [1.82, 2.24) is 4.90 Å². The molecular weight excluding hydrogens is 194 g/mol. The number of rotatable bonds is 8. The summed E-state index contributed by atoms with van der Waals surface area (Å²) in [6.07, 6.45) is 2.05. The van der Waals surface area contributed by atoms with E-state index in [9.17, 15) is 4.79 Å². The number of amides is 1. The Morgan fingerprint density at radius 2 is 1.87 bits per heavy atom. The maximum atomic E-state index is 11.5. The molecule has 0 aliphatic rings. The molecule has 15 heavy (non-hydrogen) atoms. The average molecular weight is 217 g/mol. The molecule has 0 radical (unpaired) electrons. The van der Waals surface area contributed by atoms with Crippen LogP contribution in [0.15, 0.2) is 0 Å². The van der Waals surface area contributed by atoms with Crippen molar-refractivity contribution in [3.05, 3.63) is 0 Å². The van der Waals surface area contributed by atoms with Crippen molar-refractivity contribution in [3.63, 3.8) is 0 Å². The SMILES string of the molecule is CCN(CC)C(=O)CCCC[C@H](O)CO. The lowest BCUT2D eigenvalue weighted by molar-refractivity contribution is -0.130. The summed E-state index contributed by atoms with van der Waals surface area (Å²) in [7, 11) is 0. The fraction of sp³-hybridized carbons (Fsp3) is 0.909. The van der Waals surface area contributed by atoms with Gasteiger partial charge in [0, 0.05) is 19.5 Å². The van der Waals surface area contributed by atoms with Gasteiger partial charge < -0.3 is 15.1 Å². The zero-order valence-corrected chi connectivity index (χ0v) is 9.78. The topological polar surface area (TPSA) is 60.8 Å². The van der Waals surface area contributed by atoms with E-state index >= 15 is 0 Å². The number of hydrogen-bond acceptors (Lipinski definition) is 3. The zero-order chi connectivity index (χ0) is 11.7. The predicted molar refractivity (Wildman–Crippen MR) is 59.5 cm³/mol. The summed E-state index contributed by atoms with van der Waals surface area (Å²) in [4.78, 5) is 13.3. The molecule has 0 saturated carbocycles. The lowest BCUT2D eigenvalue weighted by Crippen LogP contribution is -2.30. The molecule has 1 amide bonds. The molecular formula is C11H23NO3. The van der Waals surface area contributed by atoms with Gasteiger partial charge in [0.05, 0.1) is 12.7 Å². The minimum Gasteiger partial charge on any atom is -0.394 e. The molecule has 0 aromatic rings. The molecule has 4 nitrogen and oxygen atoms in total. The molecule has 0 bridgehead atoms. The maximum Gasteiger partial charge on any atom is 0.222 e. The number of carbonyl (C=O) groups is 1. The van der Waals surface area contributed by atoms with Gasteiger partial charge in [0.25, 0.3) is 0 Å². The van der Waals surface area contributed by atoms with Crippen molar-refractivity contribution in [2.75, 3.05) is 19.7 Å². The molecule has 0 aliphatic heterocycles. The first-order valence-electron chi connectivity index (χ1n) is 5.72. The summed E-state index contributed by atoms with van der Waals surface area (Å²) in [6, 6.07) is 0. The molecule has 1 atom stereocenters. The third kappa shape index (κ3) is 6.47. The smallest absolute Gasteiger partial charge is 0.222 e. The third-order valence-corrected chi connectivity index (χ3v) is 2.50. The van der Waals surface area contributed by atoms with E-state index in [-0.39, 0.29) is 12.5 Å². The molecule has 0 aliphatic carbocycles. The van der Waals surface area contributed by atoms with E-state index in [0.717, 1.165) is 25.9 Å². The van der Waals surface area contributed by atoms with Crippen molar-refractivity contribution >= 4 is 5.91 Å². The van der Waals surface area contributed by atoms with Crippen LogP contribution in [0.5, 0.6) is 0 Å². The van der Waals surface area contributed by atoms with Crippen LogP contribution in [0.4, 0.5) is 0 Å². The molecule has 90 valence electrons. The number of aliphatic hydroxyl groups is 2. The van der Waals surface area contributed by atoms with Crippen LogP contribution in [0.25, 0.3) is 0 Å². The van der Waals surface area contributed by atoms with E-state index in [4.69, 9.17) is 10.2 Å². The fourth-order valence-corrected chi connectivity index (χ4v) is 1.48. The van der Waals surface area contributed by atoms with E-state index in [2.05, 4.69) is 0 Å². The Labute approximate surface area is 91.9 Å². The van der Waals surface area contributed by atoms with Gasteiger partial charge in [0.1, 0.15) is 0 Å². The quantitative estimate of drug-likeness (QED) is 0.590. The first kappa shape index (κ1) is 14.4. The molecule has 4 heteroatoms. The second-order valence-electron chi connectivity index (χ2n) is 3.65. The first-order chi connectivity index (χ1) is 7.15. The number of hydrogen-bond donors (Lipinski definition) is 2. The fourth-order valence-electron chi connectivity index (χ4n) is 1.48.